The second kappa shape index (κ2) is 14.9. The van der Waals surface area contributed by atoms with Crippen molar-refractivity contribution in [3.63, 3.8) is 0 Å². The molecule has 0 saturated heterocycles. The predicted octanol–water partition coefficient (Wildman–Crippen LogP) is 6.25. The van der Waals surface area contributed by atoms with Crippen LogP contribution in [0.2, 0.25) is 0 Å². The summed E-state index contributed by atoms with van der Waals surface area (Å²) < 4.78 is 5.29. The molecule has 0 rings (SSSR count). The van der Waals surface area contributed by atoms with Crippen LogP contribution >= 0.6 is 0 Å². The van der Waals surface area contributed by atoms with Crippen molar-refractivity contribution in [1.82, 2.24) is 0 Å². The van der Waals surface area contributed by atoms with Gasteiger partial charge in [0.2, 0.25) is 0 Å². The van der Waals surface area contributed by atoms with Gasteiger partial charge >= 0.3 is 5.97 Å². The number of rotatable bonds is 13. The molecular weight excluding hydrogens is 352 g/mol. The monoisotopic (exact) mass is 390 g/mol. The molecule has 0 aromatic rings. The molecule has 158 valence electrons. The van der Waals surface area contributed by atoms with E-state index in [9.17, 15) is 9.59 Å². The minimum atomic E-state index is -0.621. The van der Waals surface area contributed by atoms with Crippen molar-refractivity contribution in [1.29, 1.82) is 0 Å². The Balaban J connectivity index is 4.83. The molecule has 0 aliphatic heterocycles. The minimum absolute atomic E-state index is 0.207. The van der Waals surface area contributed by atoms with Gasteiger partial charge < -0.3 is 14.6 Å². The van der Waals surface area contributed by atoms with Crippen molar-refractivity contribution >= 4 is 12.3 Å². The second-order valence-electron chi connectivity index (χ2n) is 7.77. The number of carbonyl (C=O) groups excluding carboxylic acids is 2. The zero-order chi connectivity index (χ0) is 21.5. The molecule has 0 bridgehead atoms. The summed E-state index contributed by atoms with van der Waals surface area (Å²) in [6.45, 7) is 11.6. The van der Waals surface area contributed by atoms with Crippen molar-refractivity contribution in [2.75, 3.05) is 0 Å². The topological polar surface area (TPSA) is 63.6 Å². The summed E-state index contributed by atoms with van der Waals surface area (Å²) in [7, 11) is 0. The van der Waals surface area contributed by atoms with Crippen molar-refractivity contribution in [3.8, 4) is 0 Å². The zero-order valence-corrected chi connectivity index (χ0v) is 18.4. The fourth-order valence-electron chi connectivity index (χ4n) is 2.97. The molecule has 1 N–H and O–H groups in total. The van der Waals surface area contributed by atoms with E-state index >= 15 is 0 Å². The Bertz CT molecular complexity index is 592. The van der Waals surface area contributed by atoms with E-state index in [-0.39, 0.29) is 11.8 Å². The highest BCUT2D eigenvalue weighted by Crippen LogP contribution is 2.24. The van der Waals surface area contributed by atoms with Crippen molar-refractivity contribution in [2.45, 2.75) is 79.8 Å². The lowest BCUT2D eigenvalue weighted by atomic mass is 9.86. The lowest BCUT2D eigenvalue weighted by molar-refractivity contribution is -0.147. The highest BCUT2D eigenvalue weighted by Gasteiger charge is 2.26. The Morgan fingerprint density at radius 3 is 2.04 bits per heavy atom. The summed E-state index contributed by atoms with van der Waals surface area (Å²) in [5.41, 5.74) is 4.00. The quantitative estimate of drug-likeness (QED) is 0.175. The third-order valence-electron chi connectivity index (χ3n) is 4.75. The van der Waals surface area contributed by atoms with Gasteiger partial charge in [-0.2, -0.15) is 0 Å². The molecule has 0 spiro atoms. The average molecular weight is 391 g/mol. The Labute approximate surface area is 171 Å². The largest absolute Gasteiger partial charge is 0.516 e. The van der Waals surface area contributed by atoms with E-state index < -0.39 is 12.1 Å². The number of aliphatic hydroxyl groups excluding tert-OH is 1. The summed E-state index contributed by atoms with van der Waals surface area (Å²) in [5.74, 6) is -0.927. The van der Waals surface area contributed by atoms with Crippen molar-refractivity contribution < 1.29 is 19.4 Å². The summed E-state index contributed by atoms with van der Waals surface area (Å²) >= 11 is 0. The van der Waals surface area contributed by atoms with Crippen LogP contribution in [0.3, 0.4) is 0 Å². The van der Waals surface area contributed by atoms with E-state index in [1.807, 2.05) is 0 Å². The van der Waals surface area contributed by atoms with Crippen LogP contribution in [0.15, 0.2) is 47.3 Å². The molecule has 3 atom stereocenters. The fraction of sp³-hybridized carbons (Fsp3) is 0.583. The Morgan fingerprint density at radius 2 is 1.54 bits per heavy atom. The Morgan fingerprint density at radius 1 is 0.964 bits per heavy atom. The van der Waals surface area contributed by atoms with Gasteiger partial charge in [-0.1, -0.05) is 41.9 Å². The Hall–Kier alpha value is -2.10. The highest BCUT2D eigenvalue weighted by atomic mass is 16.5. The van der Waals surface area contributed by atoms with Crippen LogP contribution in [-0.2, 0) is 14.3 Å². The number of ether oxygens (including phenoxy) is 1. The summed E-state index contributed by atoms with van der Waals surface area (Å²) in [6, 6.07) is 0. The zero-order valence-electron chi connectivity index (χ0n) is 18.4. The van der Waals surface area contributed by atoms with Crippen LogP contribution in [0, 0.1) is 11.8 Å². The van der Waals surface area contributed by atoms with Gasteiger partial charge in [-0.05, 0) is 65.9 Å². The average Bonchev–Trinajstić information content (AvgIpc) is 2.60. The number of aliphatic hydroxyl groups is 1. The van der Waals surface area contributed by atoms with Gasteiger partial charge in [-0.15, -0.1) is 0 Å². The molecule has 0 fully saturated rings. The number of aldehydes is 1. The summed E-state index contributed by atoms with van der Waals surface area (Å²) in [6.07, 6.45) is 13.9. The first-order valence-electron chi connectivity index (χ1n) is 10.1. The molecule has 28 heavy (non-hydrogen) atoms. The maximum Gasteiger partial charge on any atom is 0.303 e. The number of carbonyl (C=O) groups is 2. The third kappa shape index (κ3) is 12.3. The number of hydrogen-bond acceptors (Lipinski definition) is 4. The lowest BCUT2D eigenvalue weighted by Gasteiger charge is -2.26. The normalized spacial score (nSPS) is 15.8. The molecule has 3 unspecified atom stereocenters. The van der Waals surface area contributed by atoms with Gasteiger partial charge in [-0.25, -0.2) is 0 Å². The van der Waals surface area contributed by atoms with E-state index in [2.05, 4.69) is 45.9 Å². The smallest absolute Gasteiger partial charge is 0.303 e. The van der Waals surface area contributed by atoms with E-state index in [4.69, 9.17) is 9.84 Å². The molecule has 0 aliphatic carbocycles. The first-order valence-corrected chi connectivity index (χ1v) is 10.1. The first kappa shape index (κ1) is 25.9. The molecule has 0 aromatic heterocycles. The predicted molar refractivity (Wildman–Crippen MR) is 116 cm³/mol. The molecule has 0 saturated carbocycles. The van der Waals surface area contributed by atoms with Gasteiger partial charge in [0, 0.05) is 18.8 Å². The van der Waals surface area contributed by atoms with Crippen LogP contribution in [0.5, 0.6) is 0 Å². The van der Waals surface area contributed by atoms with Crippen LogP contribution in [-0.4, -0.2) is 23.5 Å². The molecule has 0 heterocycles. The van der Waals surface area contributed by atoms with Crippen LogP contribution in [0.25, 0.3) is 0 Å². The fourth-order valence-corrected chi connectivity index (χ4v) is 2.97. The molecule has 4 nitrogen and oxygen atoms in total. The first-order chi connectivity index (χ1) is 13.2. The molecular formula is C24H38O4. The van der Waals surface area contributed by atoms with Crippen LogP contribution in [0.1, 0.15) is 73.6 Å². The van der Waals surface area contributed by atoms with Gasteiger partial charge in [0.1, 0.15) is 12.4 Å². The minimum Gasteiger partial charge on any atom is -0.516 e. The summed E-state index contributed by atoms with van der Waals surface area (Å²) in [5, 5.41) is 9.10. The SMILES string of the molecule is CC(=O)OC(/C=C/O)C(C/C=C(\C)CC/C=C(\C)CCC=C(C)C)C(C)C=O. The van der Waals surface area contributed by atoms with E-state index in [1.165, 1.54) is 29.7 Å². The maximum atomic E-state index is 11.3. The third-order valence-corrected chi connectivity index (χ3v) is 4.75. The number of allylic oxidation sites excluding steroid dienone is 6. The van der Waals surface area contributed by atoms with E-state index in [0.717, 1.165) is 38.2 Å². The van der Waals surface area contributed by atoms with Crippen LogP contribution < -0.4 is 0 Å². The molecule has 0 amide bonds. The van der Waals surface area contributed by atoms with Crippen molar-refractivity contribution in [3.05, 3.63) is 47.3 Å². The molecule has 4 heteroatoms. The molecule has 0 radical (unpaired) electrons. The van der Waals surface area contributed by atoms with Gasteiger partial charge in [0.15, 0.2) is 0 Å². The van der Waals surface area contributed by atoms with Gasteiger partial charge in [-0.3, -0.25) is 4.79 Å². The molecule has 0 aromatic carbocycles. The highest BCUT2D eigenvalue weighted by molar-refractivity contribution is 5.66. The van der Waals surface area contributed by atoms with E-state index in [1.54, 1.807) is 6.92 Å². The number of hydrogen-bond donors (Lipinski definition) is 1. The van der Waals surface area contributed by atoms with Crippen molar-refractivity contribution in [2.24, 2.45) is 11.8 Å². The van der Waals surface area contributed by atoms with Crippen LogP contribution in [0.4, 0.5) is 0 Å². The lowest BCUT2D eigenvalue weighted by Crippen LogP contribution is -2.29. The second-order valence-corrected chi connectivity index (χ2v) is 7.77. The standard InChI is InChI=1S/C24H38O4/c1-18(2)9-7-10-19(3)11-8-12-20(4)13-14-23(21(5)17-26)24(15-16-25)28-22(6)27/h9,11,13,15-17,21,23-25H,7-8,10,12,14H2,1-6H3/b16-15+,19-11+,20-13+. The molecule has 0 aliphatic rings. The Kier molecular flexibility index (Phi) is 13.8. The van der Waals surface area contributed by atoms with Gasteiger partial charge in [0.25, 0.3) is 0 Å². The van der Waals surface area contributed by atoms with Gasteiger partial charge in [0.05, 0.1) is 6.26 Å². The number of esters is 1. The summed E-state index contributed by atoms with van der Waals surface area (Å²) in [4.78, 5) is 22.6. The maximum absolute atomic E-state index is 11.3. The van der Waals surface area contributed by atoms with E-state index in [0.29, 0.717) is 6.42 Å².